The van der Waals surface area contributed by atoms with Crippen molar-refractivity contribution in [3.63, 3.8) is 0 Å². The van der Waals surface area contributed by atoms with E-state index < -0.39 is 0 Å². The molecular formula is C54H35NO. The summed E-state index contributed by atoms with van der Waals surface area (Å²) < 4.78 is 6.19. The Labute approximate surface area is 325 Å². The van der Waals surface area contributed by atoms with Crippen molar-refractivity contribution in [1.29, 1.82) is 0 Å². The molecule has 0 radical (unpaired) electrons. The molecule has 0 saturated carbocycles. The third-order valence-corrected chi connectivity index (χ3v) is 11.2. The van der Waals surface area contributed by atoms with Crippen molar-refractivity contribution in [2.75, 3.05) is 4.90 Å². The lowest BCUT2D eigenvalue weighted by Crippen LogP contribution is -2.11. The molecule has 0 spiro atoms. The molecule has 11 rings (SSSR count). The maximum Gasteiger partial charge on any atom is 0.135 e. The standard InChI is InChI=1S/C54H35NO/c1-2-13-38-32-40(25-24-36(38)12-1)37-26-29-43(30-27-37)55(44-16-11-15-39(33-44)41-28-31-54-51(34-41)49-21-8-10-23-53(49)56-54)52-22-9-7-20-48(52)50-35-42-14-3-4-17-45(42)46-18-5-6-19-47(46)50/h1-35H. The predicted octanol–water partition coefficient (Wildman–Crippen LogP) is 15.5. The van der Waals surface area contributed by atoms with E-state index in [4.69, 9.17) is 4.42 Å². The summed E-state index contributed by atoms with van der Waals surface area (Å²) >= 11 is 0. The summed E-state index contributed by atoms with van der Waals surface area (Å²) in [5.74, 6) is 0. The average molecular weight is 714 g/mol. The van der Waals surface area contributed by atoms with Crippen molar-refractivity contribution in [3.8, 4) is 33.4 Å². The molecule has 2 heteroatoms. The molecule has 11 aromatic rings. The van der Waals surface area contributed by atoms with E-state index in [0.717, 1.165) is 50.1 Å². The smallest absolute Gasteiger partial charge is 0.135 e. The van der Waals surface area contributed by atoms with Crippen LogP contribution < -0.4 is 4.90 Å². The van der Waals surface area contributed by atoms with Gasteiger partial charge in [-0.3, -0.25) is 0 Å². The minimum Gasteiger partial charge on any atom is -0.456 e. The van der Waals surface area contributed by atoms with Crippen molar-refractivity contribution in [1.82, 2.24) is 0 Å². The summed E-state index contributed by atoms with van der Waals surface area (Å²) in [5, 5.41) is 9.73. The Kier molecular flexibility index (Phi) is 7.53. The van der Waals surface area contributed by atoms with Crippen LogP contribution in [0.3, 0.4) is 0 Å². The van der Waals surface area contributed by atoms with E-state index in [1.807, 2.05) is 12.1 Å². The Bertz CT molecular complexity index is 3260. The number of rotatable bonds is 6. The summed E-state index contributed by atoms with van der Waals surface area (Å²) in [6.45, 7) is 0. The lowest BCUT2D eigenvalue weighted by atomic mass is 9.92. The van der Waals surface area contributed by atoms with E-state index in [1.165, 1.54) is 54.6 Å². The zero-order valence-electron chi connectivity index (χ0n) is 30.6. The minimum atomic E-state index is 0.899. The fourth-order valence-corrected chi connectivity index (χ4v) is 8.50. The van der Waals surface area contributed by atoms with Gasteiger partial charge in [-0.1, -0.05) is 152 Å². The molecular weight excluding hydrogens is 679 g/mol. The number of benzene rings is 10. The molecule has 0 unspecified atom stereocenters. The molecule has 1 aromatic heterocycles. The highest BCUT2D eigenvalue weighted by Crippen LogP contribution is 2.45. The normalized spacial score (nSPS) is 11.6. The Hall–Kier alpha value is -7.42. The first-order chi connectivity index (χ1) is 27.7. The monoisotopic (exact) mass is 713 g/mol. The maximum atomic E-state index is 6.19. The number of para-hydroxylation sites is 2. The SMILES string of the molecule is c1cc(-c2ccc3oc4ccccc4c3c2)cc(N(c2ccc(-c3ccc4ccccc4c3)cc2)c2ccccc2-c2cc3ccccc3c3ccccc23)c1. The van der Waals surface area contributed by atoms with Gasteiger partial charge in [-0.15, -0.1) is 0 Å². The van der Waals surface area contributed by atoms with Gasteiger partial charge in [0.05, 0.1) is 5.69 Å². The second kappa shape index (κ2) is 13.2. The molecule has 0 saturated heterocycles. The topological polar surface area (TPSA) is 16.4 Å². The summed E-state index contributed by atoms with van der Waals surface area (Å²) in [4.78, 5) is 2.42. The molecule has 262 valence electrons. The molecule has 0 fully saturated rings. The van der Waals surface area contributed by atoms with Crippen LogP contribution in [0.5, 0.6) is 0 Å². The van der Waals surface area contributed by atoms with Crippen LogP contribution in [0.25, 0.3) is 87.6 Å². The second-order valence-electron chi connectivity index (χ2n) is 14.5. The quantitative estimate of drug-likeness (QED) is 0.160. The summed E-state index contributed by atoms with van der Waals surface area (Å²) in [5.41, 5.74) is 12.1. The lowest BCUT2D eigenvalue weighted by molar-refractivity contribution is 0.669. The molecule has 0 aliphatic carbocycles. The molecule has 56 heavy (non-hydrogen) atoms. The van der Waals surface area contributed by atoms with Gasteiger partial charge >= 0.3 is 0 Å². The van der Waals surface area contributed by atoms with Gasteiger partial charge in [0.25, 0.3) is 0 Å². The van der Waals surface area contributed by atoms with Crippen LogP contribution in [0.15, 0.2) is 217 Å². The van der Waals surface area contributed by atoms with Crippen LogP contribution in [0.4, 0.5) is 17.1 Å². The molecule has 0 bridgehead atoms. The highest BCUT2D eigenvalue weighted by Gasteiger charge is 2.20. The number of anilines is 3. The predicted molar refractivity (Wildman–Crippen MR) is 237 cm³/mol. The molecule has 0 N–H and O–H groups in total. The maximum absolute atomic E-state index is 6.19. The Morgan fingerprint density at radius 3 is 1.79 bits per heavy atom. The Morgan fingerprint density at radius 2 is 0.911 bits per heavy atom. The van der Waals surface area contributed by atoms with Crippen molar-refractivity contribution < 1.29 is 4.42 Å². The number of hydrogen-bond acceptors (Lipinski definition) is 2. The second-order valence-corrected chi connectivity index (χ2v) is 14.5. The van der Waals surface area contributed by atoms with Crippen molar-refractivity contribution >= 4 is 71.3 Å². The summed E-state index contributed by atoms with van der Waals surface area (Å²) in [6.07, 6.45) is 0. The third kappa shape index (κ3) is 5.42. The zero-order valence-corrected chi connectivity index (χ0v) is 30.6. The van der Waals surface area contributed by atoms with Crippen LogP contribution in [0.2, 0.25) is 0 Å². The Balaban J connectivity index is 1.10. The van der Waals surface area contributed by atoms with Crippen LogP contribution in [-0.2, 0) is 0 Å². The van der Waals surface area contributed by atoms with Crippen LogP contribution in [0, 0.1) is 0 Å². The molecule has 0 atom stereocenters. The minimum absolute atomic E-state index is 0.899. The van der Waals surface area contributed by atoms with Crippen LogP contribution in [0.1, 0.15) is 0 Å². The van der Waals surface area contributed by atoms with Gasteiger partial charge in [0, 0.05) is 27.7 Å². The Morgan fingerprint density at radius 1 is 0.286 bits per heavy atom. The highest BCUT2D eigenvalue weighted by molar-refractivity contribution is 6.15. The highest BCUT2D eigenvalue weighted by atomic mass is 16.3. The van der Waals surface area contributed by atoms with Crippen molar-refractivity contribution in [2.24, 2.45) is 0 Å². The van der Waals surface area contributed by atoms with E-state index >= 15 is 0 Å². The van der Waals surface area contributed by atoms with Gasteiger partial charge < -0.3 is 9.32 Å². The first kappa shape index (κ1) is 32.0. The van der Waals surface area contributed by atoms with Gasteiger partial charge in [0.15, 0.2) is 0 Å². The number of hydrogen-bond donors (Lipinski definition) is 0. The van der Waals surface area contributed by atoms with Gasteiger partial charge in [-0.25, -0.2) is 0 Å². The first-order valence-electron chi connectivity index (χ1n) is 19.2. The molecule has 10 aromatic carbocycles. The van der Waals surface area contributed by atoms with Gasteiger partial charge in [-0.05, 0) is 121 Å². The molecule has 2 nitrogen and oxygen atoms in total. The molecule has 0 aliphatic heterocycles. The summed E-state index contributed by atoms with van der Waals surface area (Å²) in [6, 6.07) is 76.7. The molecule has 0 aliphatic rings. The lowest BCUT2D eigenvalue weighted by Gasteiger charge is -2.29. The van der Waals surface area contributed by atoms with Gasteiger partial charge in [-0.2, -0.15) is 0 Å². The van der Waals surface area contributed by atoms with Crippen LogP contribution >= 0.6 is 0 Å². The molecule has 0 amide bonds. The van der Waals surface area contributed by atoms with E-state index in [1.54, 1.807) is 0 Å². The fourth-order valence-electron chi connectivity index (χ4n) is 8.50. The number of furan rings is 1. The summed E-state index contributed by atoms with van der Waals surface area (Å²) in [7, 11) is 0. The number of nitrogens with zero attached hydrogens (tertiary/aromatic N) is 1. The van der Waals surface area contributed by atoms with Gasteiger partial charge in [0.1, 0.15) is 11.2 Å². The first-order valence-corrected chi connectivity index (χ1v) is 19.2. The fraction of sp³-hybridized carbons (Fsp3) is 0. The number of fused-ring (bicyclic) bond motifs is 7. The van der Waals surface area contributed by atoms with Crippen molar-refractivity contribution in [3.05, 3.63) is 212 Å². The van der Waals surface area contributed by atoms with E-state index in [9.17, 15) is 0 Å². The largest absolute Gasteiger partial charge is 0.456 e. The van der Waals surface area contributed by atoms with E-state index in [0.29, 0.717) is 0 Å². The molecule has 1 heterocycles. The van der Waals surface area contributed by atoms with Crippen LogP contribution in [-0.4, -0.2) is 0 Å². The zero-order chi connectivity index (χ0) is 37.0. The third-order valence-electron chi connectivity index (χ3n) is 11.2. The average Bonchev–Trinajstić information content (AvgIpc) is 3.65. The van der Waals surface area contributed by atoms with E-state index in [-0.39, 0.29) is 0 Å². The van der Waals surface area contributed by atoms with Gasteiger partial charge in [0.2, 0.25) is 0 Å². The van der Waals surface area contributed by atoms with E-state index in [2.05, 4.69) is 205 Å². The van der Waals surface area contributed by atoms with Crippen molar-refractivity contribution in [2.45, 2.75) is 0 Å².